The van der Waals surface area contributed by atoms with Crippen LogP contribution in [-0.2, 0) is 0 Å². The number of allylic oxidation sites excluding steroid dienone is 4. The monoisotopic (exact) mass is 292 g/mol. The van der Waals surface area contributed by atoms with E-state index in [1.807, 2.05) is 26.0 Å². The molecule has 0 unspecified atom stereocenters. The van der Waals surface area contributed by atoms with Gasteiger partial charge in [0.25, 0.3) is 0 Å². The Bertz CT molecular complexity index is 671. The summed E-state index contributed by atoms with van der Waals surface area (Å²) in [5.41, 5.74) is 12.7. The van der Waals surface area contributed by atoms with Gasteiger partial charge in [-0.2, -0.15) is 4.98 Å². The summed E-state index contributed by atoms with van der Waals surface area (Å²) < 4.78 is 1.18. The Balaban J connectivity index is 2.46. The number of anilines is 2. The number of rotatable bonds is 3. The third-order valence-corrected chi connectivity index (χ3v) is 5.00. The molecule has 2 rings (SSSR count). The minimum atomic E-state index is 0.226. The molecule has 2 heterocycles. The Morgan fingerprint density at radius 3 is 2.74 bits per heavy atom. The zero-order valence-corrected chi connectivity index (χ0v) is 12.7. The lowest BCUT2D eigenvalue weighted by Crippen LogP contribution is -1.99. The molecule has 2 aromatic rings. The molecular formula is C13H16N4S2. The van der Waals surface area contributed by atoms with E-state index < -0.39 is 0 Å². The van der Waals surface area contributed by atoms with E-state index in [9.17, 15) is 0 Å². The molecule has 0 aliphatic carbocycles. The smallest absolute Gasteiger partial charge is 0.223 e. The second kappa shape index (κ2) is 5.63. The van der Waals surface area contributed by atoms with Crippen molar-refractivity contribution in [3.8, 4) is 0 Å². The van der Waals surface area contributed by atoms with Crippen LogP contribution < -0.4 is 11.5 Å². The van der Waals surface area contributed by atoms with Crippen LogP contribution in [0.2, 0.25) is 0 Å². The molecule has 100 valence electrons. The highest BCUT2D eigenvalue weighted by Crippen LogP contribution is 2.41. The number of nitrogens with two attached hydrogens (primary N) is 2. The summed E-state index contributed by atoms with van der Waals surface area (Å²) in [6, 6.07) is 0. The lowest BCUT2D eigenvalue weighted by atomic mass is 10.2. The van der Waals surface area contributed by atoms with E-state index in [1.165, 1.54) is 9.11 Å². The molecule has 0 aromatic carbocycles. The fraction of sp³-hybridized carbons (Fsp3) is 0.231. The van der Waals surface area contributed by atoms with Crippen LogP contribution in [-0.4, -0.2) is 9.97 Å². The average molecular weight is 292 g/mol. The van der Waals surface area contributed by atoms with Gasteiger partial charge in [-0.15, -0.1) is 11.3 Å². The van der Waals surface area contributed by atoms with E-state index >= 15 is 0 Å². The summed E-state index contributed by atoms with van der Waals surface area (Å²) in [7, 11) is 0. The molecule has 0 aliphatic rings. The summed E-state index contributed by atoms with van der Waals surface area (Å²) in [6.07, 6.45) is 6.11. The van der Waals surface area contributed by atoms with Gasteiger partial charge in [0.15, 0.2) is 0 Å². The van der Waals surface area contributed by atoms with E-state index in [0.717, 1.165) is 15.8 Å². The normalized spacial score (nSPS) is 12.7. The van der Waals surface area contributed by atoms with Gasteiger partial charge in [-0.1, -0.05) is 30.0 Å². The number of aryl methyl sites for hydroxylation is 1. The third-order valence-electron chi connectivity index (χ3n) is 2.57. The number of thioether (sulfide) groups is 1. The van der Waals surface area contributed by atoms with Crippen LogP contribution >= 0.6 is 23.1 Å². The minimum Gasteiger partial charge on any atom is -0.383 e. The largest absolute Gasteiger partial charge is 0.383 e. The van der Waals surface area contributed by atoms with Crippen molar-refractivity contribution in [3.63, 3.8) is 0 Å². The van der Waals surface area contributed by atoms with Crippen LogP contribution in [0.15, 0.2) is 27.3 Å². The SMILES string of the molecule is C/C=C\C=C(/C)Sc1sc2nc(N)nc(N)c2c1C. The lowest BCUT2D eigenvalue weighted by molar-refractivity contribution is 1.25. The molecular weight excluding hydrogens is 276 g/mol. The van der Waals surface area contributed by atoms with Gasteiger partial charge in [-0.05, 0) is 31.2 Å². The number of hydrogen-bond acceptors (Lipinski definition) is 6. The molecule has 0 saturated heterocycles. The molecule has 0 aliphatic heterocycles. The highest BCUT2D eigenvalue weighted by Gasteiger charge is 2.14. The number of hydrogen-bond donors (Lipinski definition) is 2. The Morgan fingerprint density at radius 1 is 1.32 bits per heavy atom. The standard InChI is InChI=1S/C13H16N4S2/c1-4-5-6-7(2)18-12-8(3)9-10(14)16-13(15)17-11(9)19-12/h4-6H,1-3H3,(H4,14,15,16,17)/b5-4-,7-6+. The molecule has 4 nitrogen and oxygen atoms in total. The van der Waals surface area contributed by atoms with Crippen molar-refractivity contribution in [2.24, 2.45) is 0 Å². The summed E-state index contributed by atoms with van der Waals surface area (Å²) in [5.74, 6) is 0.683. The predicted molar refractivity (Wildman–Crippen MR) is 85.4 cm³/mol. The molecule has 19 heavy (non-hydrogen) atoms. The van der Waals surface area contributed by atoms with Crippen LogP contribution in [0.3, 0.4) is 0 Å². The van der Waals surface area contributed by atoms with Gasteiger partial charge in [-0.3, -0.25) is 0 Å². The summed E-state index contributed by atoms with van der Waals surface area (Å²) >= 11 is 3.32. The predicted octanol–water partition coefficient (Wildman–Crippen LogP) is 3.74. The second-order valence-corrected chi connectivity index (χ2v) is 6.58. The number of nitrogen functional groups attached to an aromatic ring is 2. The van der Waals surface area contributed by atoms with Crippen LogP contribution in [0.4, 0.5) is 11.8 Å². The van der Waals surface area contributed by atoms with Crippen molar-refractivity contribution < 1.29 is 0 Å². The molecule has 4 N–H and O–H groups in total. The first-order valence-corrected chi connectivity index (χ1v) is 7.45. The van der Waals surface area contributed by atoms with Crippen LogP contribution in [0.1, 0.15) is 19.4 Å². The number of aromatic nitrogens is 2. The fourth-order valence-corrected chi connectivity index (χ4v) is 4.10. The van der Waals surface area contributed by atoms with Crippen molar-refractivity contribution in [2.45, 2.75) is 25.0 Å². The Hall–Kier alpha value is -1.53. The van der Waals surface area contributed by atoms with Gasteiger partial charge in [0.1, 0.15) is 10.6 Å². The second-order valence-electron chi connectivity index (χ2n) is 4.07. The van der Waals surface area contributed by atoms with Gasteiger partial charge in [0.05, 0.1) is 9.60 Å². The van der Waals surface area contributed by atoms with E-state index in [4.69, 9.17) is 11.5 Å². The van der Waals surface area contributed by atoms with Crippen molar-refractivity contribution in [2.75, 3.05) is 11.5 Å². The number of fused-ring (bicyclic) bond motifs is 1. The third kappa shape index (κ3) is 2.90. The number of thiophene rings is 1. The van der Waals surface area contributed by atoms with E-state index in [2.05, 4.69) is 23.0 Å². The average Bonchev–Trinajstić information content (AvgIpc) is 2.63. The summed E-state index contributed by atoms with van der Waals surface area (Å²) in [5, 5.41) is 0.917. The molecule has 2 aromatic heterocycles. The van der Waals surface area contributed by atoms with Gasteiger partial charge >= 0.3 is 0 Å². The highest BCUT2D eigenvalue weighted by atomic mass is 32.2. The maximum Gasteiger partial charge on any atom is 0.223 e. The van der Waals surface area contributed by atoms with Gasteiger partial charge in [0, 0.05) is 0 Å². The molecule has 0 bridgehead atoms. The highest BCUT2D eigenvalue weighted by molar-refractivity contribution is 8.04. The van der Waals surface area contributed by atoms with Gasteiger partial charge in [0.2, 0.25) is 5.95 Å². The van der Waals surface area contributed by atoms with Crippen molar-refractivity contribution in [1.82, 2.24) is 9.97 Å². The molecule has 0 saturated carbocycles. The Labute approximate surface area is 120 Å². The number of nitrogens with zero attached hydrogens (tertiary/aromatic N) is 2. The summed E-state index contributed by atoms with van der Waals surface area (Å²) in [4.78, 5) is 10.3. The topological polar surface area (TPSA) is 77.8 Å². The Morgan fingerprint density at radius 2 is 2.05 bits per heavy atom. The van der Waals surface area contributed by atoms with Gasteiger partial charge < -0.3 is 11.5 Å². The van der Waals surface area contributed by atoms with Crippen molar-refractivity contribution in [3.05, 3.63) is 28.7 Å². The molecule has 0 atom stereocenters. The zero-order valence-electron chi connectivity index (χ0n) is 11.1. The molecule has 0 radical (unpaired) electrons. The molecule has 0 spiro atoms. The maximum atomic E-state index is 5.92. The first-order chi connectivity index (χ1) is 9.02. The summed E-state index contributed by atoms with van der Waals surface area (Å²) in [6.45, 7) is 6.12. The zero-order chi connectivity index (χ0) is 14.0. The first-order valence-electron chi connectivity index (χ1n) is 5.82. The van der Waals surface area contributed by atoms with Crippen LogP contribution in [0, 0.1) is 6.92 Å². The molecule has 0 amide bonds. The minimum absolute atomic E-state index is 0.226. The first kappa shape index (κ1) is 13.9. The molecule has 0 fully saturated rings. The van der Waals surface area contributed by atoms with E-state index in [1.54, 1.807) is 23.1 Å². The fourth-order valence-electron chi connectivity index (χ4n) is 1.68. The quantitative estimate of drug-likeness (QED) is 0.665. The molecule has 6 heteroatoms. The van der Waals surface area contributed by atoms with Gasteiger partial charge in [-0.25, -0.2) is 4.98 Å². The Kier molecular flexibility index (Phi) is 4.11. The van der Waals surface area contributed by atoms with Crippen LogP contribution in [0.5, 0.6) is 0 Å². The van der Waals surface area contributed by atoms with Crippen molar-refractivity contribution in [1.29, 1.82) is 0 Å². The van der Waals surface area contributed by atoms with E-state index in [-0.39, 0.29) is 5.95 Å². The van der Waals surface area contributed by atoms with Crippen molar-refractivity contribution >= 4 is 45.1 Å². The maximum absolute atomic E-state index is 5.92. The van der Waals surface area contributed by atoms with Crippen LogP contribution in [0.25, 0.3) is 10.2 Å². The lowest BCUT2D eigenvalue weighted by Gasteiger charge is -2.00. The van der Waals surface area contributed by atoms with E-state index in [0.29, 0.717) is 5.82 Å².